The van der Waals surface area contributed by atoms with Gasteiger partial charge in [-0.25, -0.2) is 0 Å². The van der Waals surface area contributed by atoms with Gasteiger partial charge in [-0.2, -0.15) is 0 Å². The summed E-state index contributed by atoms with van der Waals surface area (Å²) >= 11 is 0. The first-order valence-corrected chi connectivity index (χ1v) is 5.84. The highest BCUT2D eigenvalue weighted by atomic mass is 16.3. The second-order valence-electron chi connectivity index (χ2n) is 4.45. The lowest BCUT2D eigenvalue weighted by atomic mass is 9.92. The summed E-state index contributed by atoms with van der Waals surface area (Å²) < 4.78 is 0. The highest BCUT2D eigenvalue weighted by Gasteiger charge is 2.21. The summed E-state index contributed by atoms with van der Waals surface area (Å²) in [6.07, 6.45) is 4.93. The van der Waals surface area contributed by atoms with Crippen molar-refractivity contribution in [3.8, 4) is 0 Å². The van der Waals surface area contributed by atoms with Crippen LogP contribution in [0.5, 0.6) is 0 Å². The van der Waals surface area contributed by atoms with Crippen LogP contribution < -0.4 is 11.1 Å². The SMILES string of the molecule is CCC(CC(N)=O)NC1CCC(O)CC1. The van der Waals surface area contributed by atoms with Crippen LogP contribution >= 0.6 is 0 Å². The molecule has 0 aromatic rings. The molecule has 4 nitrogen and oxygen atoms in total. The molecule has 0 aliphatic heterocycles. The molecule has 0 radical (unpaired) electrons. The lowest BCUT2D eigenvalue weighted by Crippen LogP contribution is -2.42. The Morgan fingerprint density at radius 2 is 2.07 bits per heavy atom. The van der Waals surface area contributed by atoms with Crippen LogP contribution in [-0.4, -0.2) is 29.2 Å². The monoisotopic (exact) mass is 214 g/mol. The number of hydrogen-bond donors (Lipinski definition) is 3. The van der Waals surface area contributed by atoms with Gasteiger partial charge in [-0.3, -0.25) is 4.79 Å². The number of carbonyl (C=O) groups is 1. The Bertz CT molecular complexity index is 201. The molecule has 1 aliphatic carbocycles. The van der Waals surface area contributed by atoms with Crippen LogP contribution in [0, 0.1) is 0 Å². The molecule has 1 amide bonds. The van der Waals surface area contributed by atoms with Crippen LogP contribution in [0.3, 0.4) is 0 Å². The topological polar surface area (TPSA) is 75.4 Å². The Hall–Kier alpha value is -0.610. The predicted octanol–water partition coefficient (Wildman–Crippen LogP) is 0.533. The van der Waals surface area contributed by atoms with Gasteiger partial charge in [0.05, 0.1) is 6.10 Å². The minimum Gasteiger partial charge on any atom is -0.393 e. The van der Waals surface area contributed by atoms with Crippen LogP contribution in [0.15, 0.2) is 0 Å². The zero-order valence-corrected chi connectivity index (χ0v) is 9.41. The second-order valence-corrected chi connectivity index (χ2v) is 4.45. The lowest BCUT2D eigenvalue weighted by Gasteiger charge is -2.29. The van der Waals surface area contributed by atoms with Crippen LogP contribution in [-0.2, 0) is 4.79 Å². The summed E-state index contributed by atoms with van der Waals surface area (Å²) in [6, 6.07) is 0.639. The first kappa shape index (κ1) is 12.5. The van der Waals surface area contributed by atoms with Crippen molar-refractivity contribution in [2.24, 2.45) is 5.73 Å². The van der Waals surface area contributed by atoms with E-state index in [2.05, 4.69) is 12.2 Å². The Labute approximate surface area is 91.2 Å². The predicted molar refractivity (Wildman–Crippen MR) is 59.3 cm³/mol. The smallest absolute Gasteiger partial charge is 0.218 e. The zero-order valence-electron chi connectivity index (χ0n) is 9.41. The number of primary amides is 1. The highest BCUT2D eigenvalue weighted by Crippen LogP contribution is 2.19. The van der Waals surface area contributed by atoms with E-state index < -0.39 is 0 Å². The Balaban J connectivity index is 2.28. The van der Waals surface area contributed by atoms with Crippen molar-refractivity contribution >= 4 is 5.91 Å². The summed E-state index contributed by atoms with van der Waals surface area (Å²) in [5.74, 6) is -0.245. The van der Waals surface area contributed by atoms with E-state index in [1.54, 1.807) is 0 Å². The second kappa shape index (κ2) is 6.08. The van der Waals surface area contributed by atoms with E-state index in [9.17, 15) is 9.90 Å². The van der Waals surface area contributed by atoms with Crippen molar-refractivity contribution in [2.75, 3.05) is 0 Å². The molecule has 0 aromatic heterocycles. The van der Waals surface area contributed by atoms with Crippen molar-refractivity contribution in [2.45, 2.75) is 63.6 Å². The average molecular weight is 214 g/mol. The molecule has 4 N–H and O–H groups in total. The first-order chi connectivity index (χ1) is 7.11. The van der Waals surface area contributed by atoms with E-state index in [0.717, 1.165) is 32.1 Å². The summed E-state index contributed by atoms with van der Waals surface area (Å²) in [7, 11) is 0. The molecule has 0 heterocycles. The fourth-order valence-electron chi connectivity index (χ4n) is 2.14. The molecule has 4 heteroatoms. The minimum atomic E-state index is -0.245. The Kier molecular flexibility index (Phi) is 5.05. The molecule has 1 rings (SSSR count). The number of aliphatic hydroxyl groups excluding tert-OH is 1. The third kappa shape index (κ3) is 4.62. The van der Waals surface area contributed by atoms with E-state index in [4.69, 9.17) is 5.73 Å². The number of hydrogen-bond acceptors (Lipinski definition) is 3. The van der Waals surface area contributed by atoms with Crippen molar-refractivity contribution in [1.29, 1.82) is 0 Å². The van der Waals surface area contributed by atoms with Gasteiger partial charge >= 0.3 is 0 Å². The van der Waals surface area contributed by atoms with Gasteiger partial charge < -0.3 is 16.2 Å². The van der Waals surface area contributed by atoms with Gasteiger partial charge in [0.1, 0.15) is 0 Å². The van der Waals surface area contributed by atoms with Crippen molar-refractivity contribution in [1.82, 2.24) is 5.32 Å². The van der Waals surface area contributed by atoms with E-state index >= 15 is 0 Å². The third-order valence-electron chi connectivity index (χ3n) is 3.11. The molecule has 0 bridgehead atoms. The van der Waals surface area contributed by atoms with Crippen LogP contribution in [0.4, 0.5) is 0 Å². The first-order valence-electron chi connectivity index (χ1n) is 5.84. The summed E-state index contributed by atoms with van der Waals surface area (Å²) in [6.45, 7) is 2.05. The average Bonchev–Trinajstić information content (AvgIpc) is 2.19. The molecular formula is C11H22N2O2. The molecule has 1 fully saturated rings. The van der Waals surface area contributed by atoms with E-state index in [-0.39, 0.29) is 18.1 Å². The molecule has 0 spiro atoms. The number of nitrogens with two attached hydrogens (primary N) is 1. The summed E-state index contributed by atoms with van der Waals surface area (Å²) in [5.41, 5.74) is 5.18. The van der Waals surface area contributed by atoms with E-state index in [1.165, 1.54) is 0 Å². The quantitative estimate of drug-likeness (QED) is 0.625. The zero-order chi connectivity index (χ0) is 11.3. The number of carbonyl (C=O) groups excluding carboxylic acids is 1. The van der Waals surface area contributed by atoms with Gasteiger partial charge in [-0.1, -0.05) is 6.92 Å². The maximum Gasteiger partial charge on any atom is 0.218 e. The Morgan fingerprint density at radius 1 is 1.47 bits per heavy atom. The third-order valence-corrected chi connectivity index (χ3v) is 3.11. The van der Waals surface area contributed by atoms with Crippen molar-refractivity contribution in [3.63, 3.8) is 0 Å². The molecule has 0 saturated heterocycles. The minimum absolute atomic E-state index is 0.126. The normalized spacial score (nSPS) is 28.7. The number of nitrogens with one attached hydrogen (secondary N) is 1. The fraction of sp³-hybridized carbons (Fsp3) is 0.909. The molecular weight excluding hydrogens is 192 g/mol. The summed E-state index contributed by atoms with van der Waals surface area (Å²) in [4.78, 5) is 10.8. The molecule has 15 heavy (non-hydrogen) atoms. The molecule has 1 atom stereocenters. The molecule has 0 aromatic carbocycles. The standard InChI is InChI=1S/C11H22N2O2/c1-2-8(7-11(12)15)13-9-3-5-10(14)6-4-9/h8-10,13-14H,2-7H2,1H3,(H2,12,15). The van der Waals surface area contributed by atoms with Crippen LogP contribution in [0.2, 0.25) is 0 Å². The van der Waals surface area contributed by atoms with Crippen LogP contribution in [0.25, 0.3) is 0 Å². The fourth-order valence-corrected chi connectivity index (χ4v) is 2.14. The molecule has 1 unspecified atom stereocenters. The van der Waals surface area contributed by atoms with Gasteiger partial charge in [0.15, 0.2) is 0 Å². The molecule has 1 aliphatic rings. The highest BCUT2D eigenvalue weighted by molar-refractivity contribution is 5.74. The number of rotatable bonds is 5. The summed E-state index contributed by atoms with van der Waals surface area (Å²) in [5, 5.41) is 12.8. The van der Waals surface area contributed by atoms with Gasteiger partial charge in [0.2, 0.25) is 5.91 Å². The van der Waals surface area contributed by atoms with Gasteiger partial charge in [0, 0.05) is 18.5 Å². The van der Waals surface area contributed by atoms with Crippen molar-refractivity contribution in [3.05, 3.63) is 0 Å². The molecule has 88 valence electrons. The van der Waals surface area contributed by atoms with Crippen molar-refractivity contribution < 1.29 is 9.90 Å². The largest absolute Gasteiger partial charge is 0.393 e. The number of aliphatic hydroxyl groups is 1. The maximum atomic E-state index is 10.8. The lowest BCUT2D eigenvalue weighted by molar-refractivity contribution is -0.118. The number of amides is 1. The molecule has 1 saturated carbocycles. The van der Waals surface area contributed by atoms with Gasteiger partial charge in [-0.05, 0) is 32.1 Å². The Morgan fingerprint density at radius 3 is 2.53 bits per heavy atom. The van der Waals surface area contributed by atoms with E-state index in [0.29, 0.717) is 12.5 Å². The maximum absolute atomic E-state index is 10.8. The van der Waals surface area contributed by atoms with Crippen LogP contribution in [0.1, 0.15) is 45.4 Å². The van der Waals surface area contributed by atoms with Gasteiger partial charge in [-0.15, -0.1) is 0 Å². The van der Waals surface area contributed by atoms with E-state index in [1.807, 2.05) is 0 Å². The van der Waals surface area contributed by atoms with Gasteiger partial charge in [0.25, 0.3) is 0 Å².